The number of hydrogen-bond acceptors (Lipinski definition) is 5. The van der Waals surface area contributed by atoms with E-state index in [-0.39, 0.29) is 29.8 Å². The number of amides is 2. The zero-order valence-corrected chi connectivity index (χ0v) is 19.9. The molecule has 1 fully saturated rings. The summed E-state index contributed by atoms with van der Waals surface area (Å²) in [5.74, 6) is -2.34. The fourth-order valence-corrected chi connectivity index (χ4v) is 5.09. The summed E-state index contributed by atoms with van der Waals surface area (Å²) in [6.07, 6.45) is 0.715. The monoisotopic (exact) mass is 487 g/mol. The van der Waals surface area contributed by atoms with E-state index in [1.807, 2.05) is 6.92 Å². The molecule has 0 radical (unpaired) electrons. The molecule has 0 saturated carbocycles. The highest BCUT2D eigenvalue weighted by Gasteiger charge is 2.33. The van der Waals surface area contributed by atoms with Gasteiger partial charge in [0.1, 0.15) is 0 Å². The number of nitrogens with one attached hydrogen (secondary N) is 2. The quantitative estimate of drug-likeness (QED) is 0.520. The van der Waals surface area contributed by atoms with Crippen molar-refractivity contribution in [1.29, 1.82) is 0 Å². The number of aryl methyl sites for hydroxylation is 1. The Morgan fingerprint density at radius 3 is 2.15 bits per heavy atom. The van der Waals surface area contributed by atoms with Crippen LogP contribution < -0.4 is 10.0 Å². The molecule has 2 aromatic carbocycles. The lowest BCUT2D eigenvalue weighted by molar-refractivity contribution is -0.143. The number of piperidine rings is 1. The molecule has 1 aliphatic rings. The standard InChI is InChI=1S/C24H29N3O6S/c1-16-8-10-20(11-9-16)34(32,33)26-17(2)23(29)27-14-12-19(13-15-27)22(28)25-21(24(30)31)18-6-4-3-5-7-18/h3-11,17,19,21,26H,12-15H2,1-2H3,(H,25,28)(H,30,31). The third-order valence-electron chi connectivity index (χ3n) is 5.88. The maximum Gasteiger partial charge on any atom is 0.330 e. The van der Waals surface area contributed by atoms with Gasteiger partial charge in [-0.3, -0.25) is 9.59 Å². The number of carbonyl (C=O) groups is 3. The number of aliphatic carboxylic acids is 1. The van der Waals surface area contributed by atoms with Gasteiger partial charge in [0.05, 0.1) is 10.9 Å². The van der Waals surface area contributed by atoms with Gasteiger partial charge in [0.2, 0.25) is 21.8 Å². The lowest BCUT2D eigenvalue weighted by atomic mass is 9.94. The molecular weight excluding hydrogens is 458 g/mol. The summed E-state index contributed by atoms with van der Waals surface area (Å²) in [5.41, 5.74) is 1.40. The molecule has 9 nitrogen and oxygen atoms in total. The minimum atomic E-state index is -3.85. The van der Waals surface area contributed by atoms with Gasteiger partial charge < -0.3 is 15.3 Å². The van der Waals surface area contributed by atoms with Crippen molar-refractivity contribution in [2.45, 2.75) is 43.7 Å². The maximum absolute atomic E-state index is 12.8. The third kappa shape index (κ3) is 6.21. The van der Waals surface area contributed by atoms with Gasteiger partial charge >= 0.3 is 5.97 Å². The topological polar surface area (TPSA) is 133 Å². The van der Waals surface area contributed by atoms with Crippen LogP contribution in [0.4, 0.5) is 0 Å². The van der Waals surface area contributed by atoms with Gasteiger partial charge in [0, 0.05) is 19.0 Å². The molecular formula is C24H29N3O6S. The summed E-state index contributed by atoms with van der Waals surface area (Å²) in [4.78, 5) is 38.8. The summed E-state index contributed by atoms with van der Waals surface area (Å²) in [6.45, 7) is 3.89. The predicted octanol–water partition coefficient (Wildman–Crippen LogP) is 1.84. The van der Waals surface area contributed by atoms with E-state index in [1.165, 1.54) is 24.0 Å². The van der Waals surface area contributed by atoms with E-state index in [0.29, 0.717) is 18.4 Å². The Bertz CT molecular complexity index is 1130. The number of benzene rings is 2. The van der Waals surface area contributed by atoms with Crippen molar-refractivity contribution < 1.29 is 27.9 Å². The lowest BCUT2D eigenvalue weighted by Crippen LogP contribution is -2.50. The second-order valence-electron chi connectivity index (χ2n) is 8.45. The van der Waals surface area contributed by atoms with Crippen LogP contribution in [0.15, 0.2) is 59.5 Å². The van der Waals surface area contributed by atoms with Crippen molar-refractivity contribution in [3.05, 3.63) is 65.7 Å². The van der Waals surface area contributed by atoms with Gasteiger partial charge in [0.15, 0.2) is 6.04 Å². The minimum Gasteiger partial charge on any atom is -0.479 e. The number of rotatable bonds is 8. The zero-order valence-electron chi connectivity index (χ0n) is 19.1. The van der Waals surface area contributed by atoms with Gasteiger partial charge in [-0.25, -0.2) is 13.2 Å². The fraction of sp³-hybridized carbons (Fsp3) is 0.375. The Hall–Kier alpha value is -3.24. The molecule has 0 aromatic heterocycles. The Morgan fingerprint density at radius 2 is 1.59 bits per heavy atom. The van der Waals surface area contributed by atoms with Crippen LogP contribution in [0.1, 0.15) is 36.9 Å². The molecule has 10 heteroatoms. The summed E-state index contributed by atoms with van der Waals surface area (Å²) in [6, 6.07) is 12.7. The molecule has 3 N–H and O–H groups in total. The molecule has 1 aliphatic heterocycles. The third-order valence-corrected chi connectivity index (χ3v) is 7.43. The van der Waals surface area contributed by atoms with Crippen LogP contribution in [0.3, 0.4) is 0 Å². The number of hydrogen-bond donors (Lipinski definition) is 3. The molecule has 0 spiro atoms. The van der Waals surface area contributed by atoms with Crippen molar-refractivity contribution in [3.8, 4) is 0 Å². The van der Waals surface area contributed by atoms with E-state index in [9.17, 15) is 27.9 Å². The molecule has 0 bridgehead atoms. The number of carbonyl (C=O) groups excluding carboxylic acids is 2. The average molecular weight is 488 g/mol. The highest BCUT2D eigenvalue weighted by atomic mass is 32.2. The summed E-state index contributed by atoms with van der Waals surface area (Å²) in [7, 11) is -3.85. The van der Waals surface area contributed by atoms with Crippen molar-refractivity contribution in [2.75, 3.05) is 13.1 Å². The summed E-state index contributed by atoms with van der Waals surface area (Å²) >= 11 is 0. The SMILES string of the molecule is Cc1ccc(S(=O)(=O)NC(C)C(=O)N2CCC(C(=O)NC(C(=O)O)c3ccccc3)CC2)cc1. The van der Waals surface area contributed by atoms with Crippen LogP contribution >= 0.6 is 0 Å². The van der Waals surface area contributed by atoms with E-state index >= 15 is 0 Å². The molecule has 2 amide bonds. The molecule has 182 valence electrons. The maximum atomic E-state index is 12.8. The first-order valence-electron chi connectivity index (χ1n) is 11.0. The number of nitrogens with zero attached hydrogens (tertiary/aromatic N) is 1. The molecule has 2 atom stereocenters. The van der Waals surface area contributed by atoms with Crippen molar-refractivity contribution in [3.63, 3.8) is 0 Å². The molecule has 1 heterocycles. The normalized spacial score (nSPS) is 16.5. The first-order valence-corrected chi connectivity index (χ1v) is 12.5. The van der Waals surface area contributed by atoms with Crippen molar-refractivity contribution >= 4 is 27.8 Å². The molecule has 2 unspecified atom stereocenters. The first-order chi connectivity index (χ1) is 16.1. The van der Waals surface area contributed by atoms with Crippen molar-refractivity contribution in [1.82, 2.24) is 14.9 Å². The van der Waals surface area contributed by atoms with E-state index in [4.69, 9.17) is 0 Å². The Labute approximate surface area is 199 Å². The second kappa shape index (κ2) is 10.8. The molecule has 2 aromatic rings. The zero-order chi connectivity index (χ0) is 24.9. The Balaban J connectivity index is 1.55. The van der Waals surface area contributed by atoms with Gasteiger partial charge in [-0.15, -0.1) is 0 Å². The van der Waals surface area contributed by atoms with Crippen LogP contribution in [-0.4, -0.2) is 55.3 Å². The van der Waals surface area contributed by atoms with Gasteiger partial charge in [-0.2, -0.15) is 4.72 Å². The highest BCUT2D eigenvalue weighted by Crippen LogP contribution is 2.21. The Kier molecular flexibility index (Phi) is 8.06. The van der Waals surface area contributed by atoms with Gasteiger partial charge in [0.25, 0.3) is 0 Å². The Morgan fingerprint density at radius 1 is 1.00 bits per heavy atom. The number of likely N-dealkylation sites (tertiary alicyclic amines) is 1. The van der Waals surface area contributed by atoms with Gasteiger partial charge in [-0.05, 0) is 44.4 Å². The van der Waals surface area contributed by atoms with Crippen LogP contribution in [0.2, 0.25) is 0 Å². The molecule has 34 heavy (non-hydrogen) atoms. The van der Waals surface area contributed by atoms with Gasteiger partial charge in [-0.1, -0.05) is 48.0 Å². The molecule has 3 rings (SSSR count). The predicted molar refractivity (Wildman–Crippen MR) is 125 cm³/mol. The largest absolute Gasteiger partial charge is 0.479 e. The van der Waals surface area contributed by atoms with E-state index < -0.39 is 34.0 Å². The van der Waals surface area contributed by atoms with E-state index in [1.54, 1.807) is 42.5 Å². The minimum absolute atomic E-state index is 0.0829. The summed E-state index contributed by atoms with van der Waals surface area (Å²) in [5, 5.41) is 12.1. The molecule has 0 aliphatic carbocycles. The van der Waals surface area contributed by atoms with Crippen LogP contribution in [-0.2, 0) is 24.4 Å². The fourth-order valence-electron chi connectivity index (χ4n) is 3.90. The van der Waals surface area contributed by atoms with E-state index in [2.05, 4.69) is 10.0 Å². The van der Waals surface area contributed by atoms with Crippen LogP contribution in [0.5, 0.6) is 0 Å². The molecule has 1 saturated heterocycles. The van der Waals surface area contributed by atoms with Crippen LogP contribution in [0.25, 0.3) is 0 Å². The van der Waals surface area contributed by atoms with Crippen LogP contribution in [0, 0.1) is 12.8 Å². The highest BCUT2D eigenvalue weighted by molar-refractivity contribution is 7.89. The summed E-state index contributed by atoms with van der Waals surface area (Å²) < 4.78 is 27.6. The number of carboxylic acid groups (broad SMARTS) is 1. The first kappa shape index (κ1) is 25.4. The number of carboxylic acids is 1. The second-order valence-corrected chi connectivity index (χ2v) is 10.2. The smallest absolute Gasteiger partial charge is 0.330 e. The van der Waals surface area contributed by atoms with E-state index in [0.717, 1.165) is 5.56 Å². The number of sulfonamides is 1. The lowest BCUT2D eigenvalue weighted by Gasteiger charge is -2.33. The average Bonchev–Trinajstić information content (AvgIpc) is 2.82. The van der Waals surface area contributed by atoms with Crippen molar-refractivity contribution in [2.24, 2.45) is 5.92 Å².